The fraction of sp³-hybridized carbons (Fsp3) is 0.118. The number of methoxy groups -OCH3 is 2. The van der Waals surface area contributed by atoms with E-state index in [4.69, 9.17) is 9.47 Å². The van der Waals surface area contributed by atoms with Crippen LogP contribution in [0.4, 0.5) is 0 Å². The van der Waals surface area contributed by atoms with Crippen LogP contribution in [0.3, 0.4) is 0 Å². The van der Waals surface area contributed by atoms with Crippen molar-refractivity contribution in [3.8, 4) is 11.4 Å². The molecule has 2 heterocycles. The van der Waals surface area contributed by atoms with Crippen molar-refractivity contribution in [1.82, 2.24) is 19.6 Å². The average molecular weight is 854 g/mol. The number of hydrogen-bond acceptors (Lipinski definition) is 8. The minimum Gasteiger partial charge on any atom is -1.00 e. The molecule has 1 N–H and O–H groups in total. The van der Waals surface area contributed by atoms with Crippen LogP contribution in [0.25, 0.3) is 33.2 Å². The number of hydrogen-bond donors (Lipinski definition) is 1. The van der Waals surface area contributed by atoms with Crippen LogP contribution >= 0.6 is 31.9 Å². The van der Waals surface area contributed by atoms with Crippen LogP contribution in [0.5, 0.6) is 0 Å². The van der Waals surface area contributed by atoms with Gasteiger partial charge in [-0.25, -0.2) is 19.0 Å². The predicted octanol–water partition coefficient (Wildman–Crippen LogP) is 4.09. The van der Waals surface area contributed by atoms with Crippen molar-refractivity contribution < 1.29 is 45.9 Å². The molecule has 0 spiro atoms. The Morgan fingerprint density at radius 3 is 1.65 bits per heavy atom. The van der Waals surface area contributed by atoms with Gasteiger partial charge in [-0.15, -0.1) is 0 Å². The molecule has 0 aliphatic rings. The maximum absolute atomic E-state index is 12.1. The number of carbonyl (C=O) groups is 3. The number of benzene rings is 4. The summed E-state index contributed by atoms with van der Waals surface area (Å²) in [4.78, 5) is 35.0. The molecule has 6 rings (SSSR count). The average Bonchev–Trinajstić information content (AvgIpc) is 3.63. The Hall–Kier alpha value is -3.40. The maximum Gasteiger partial charge on any atom is 2.00 e. The molecule has 0 aliphatic carbocycles. The number of esters is 2. The minimum absolute atomic E-state index is 0. The van der Waals surface area contributed by atoms with Gasteiger partial charge in [0, 0.05) is 25.3 Å². The third-order valence-electron chi connectivity index (χ3n) is 6.89. The number of carbonyl (C=O) groups excluding carboxylic acids is 3. The quantitative estimate of drug-likeness (QED) is 0.115. The van der Waals surface area contributed by atoms with Gasteiger partial charge in [-0.2, -0.15) is 10.2 Å². The first-order valence-electron chi connectivity index (χ1n) is 13.5. The Bertz CT molecular complexity index is 2080. The molecule has 1 unspecified atom stereocenters. The standard InChI is InChI=1S/C17H15BrN2O3.C16H11BrN2O3.CH3.BrH.Mg/c1-10(21)11-6-7-15-14(8-11)16(17(22)23-2)19-20(15)13-5-3-4-12(18)9-13;1-22-16(21)15-13-7-10(9-20)5-6-14(13)19(18-15)12-4-2-3-11(17)8-12;;;/h3-10,21H,1-2H3;2-9H,1H3;1H3;1H;/q;;-1;;+2/p-1. The predicted molar refractivity (Wildman–Crippen MR) is 188 cm³/mol. The first kappa shape index (κ1) is 40.8. The largest absolute Gasteiger partial charge is 2.00 e. The van der Waals surface area contributed by atoms with Crippen LogP contribution in [-0.2, 0) is 9.47 Å². The molecule has 0 saturated carbocycles. The number of rotatable bonds is 6. The van der Waals surface area contributed by atoms with Crippen molar-refractivity contribution in [2.24, 2.45) is 0 Å². The summed E-state index contributed by atoms with van der Waals surface area (Å²) in [5.41, 5.74) is 4.73. The van der Waals surface area contributed by atoms with Gasteiger partial charge in [0.15, 0.2) is 11.4 Å². The van der Waals surface area contributed by atoms with Crippen LogP contribution in [0.1, 0.15) is 49.9 Å². The number of aliphatic hydroxyl groups is 1. The monoisotopic (exact) mass is 850 g/mol. The third kappa shape index (κ3) is 8.60. The van der Waals surface area contributed by atoms with Gasteiger partial charge in [0.2, 0.25) is 0 Å². The first-order valence-corrected chi connectivity index (χ1v) is 15.1. The molecule has 2 aromatic heterocycles. The fourth-order valence-electron chi connectivity index (χ4n) is 4.71. The summed E-state index contributed by atoms with van der Waals surface area (Å²) in [7, 11) is 2.63. The molecule has 6 aromatic rings. The van der Waals surface area contributed by atoms with Crippen molar-refractivity contribution in [1.29, 1.82) is 0 Å². The van der Waals surface area contributed by atoms with Crippen molar-refractivity contribution >= 4 is 94.9 Å². The number of halogens is 3. The zero-order valence-corrected chi connectivity index (χ0v) is 32.5. The van der Waals surface area contributed by atoms with Crippen LogP contribution in [0, 0.1) is 7.43 Å². The number of ether oxygens (including phenoxy) is 2. The second-order valence-electron chi connectivity index (χ2n) is 9.81. The van der Waals surface area contributed by atoms with E-state index in [1.54, 1.807) is 40.6 Å². The summed E-state index contributed by atoms with van der Waals surface area (Å²) >= 11 is 6.85. The van der Waals surface area contributed by atoms with Crippen LogP contribution in [0.15, 0.2) is 93.9 Å². The van der Waals surface area contributed by atoms with Crippen LogP contribution in [-0.4, -0.2) is 80.2 Å². The molecule has 48 heavy (non-hydrogen) atoms. The molecule has 0 radical (unpaired) electrons. The second-order valence-corrected chi connectivity index (χ2v) is 11.6. The van der Waals surface area contributed by atoms with Crippen molar-refractivity contribution in [2.75, 3.05) is 14.2 Å². The number of aldehydes is 1. The second kappa shape index (κ2) is 17.8. The molecule has 0 amide bonds. The van der Waals surface area contributed by atoms with E-state index in [1.165, 1.54) is 14.2 Å². The van der Waals surface area contributed by atoms with Crippen molar-refractivity contribution in [2.45, 2.75) is 13.0 Å². The fourth-order valence-corrected chi connectivity index (χ4v) is 5.48. The molecule has 244 valence electrons. The summed E-state index contributed by atoms with van der Waals surface area (Å²) in [6.07, 6.45) is 0.107. The summed E-state index contributed by atoms with van der Waals surface area (Å²) in [6.45, 7) is 1.68. The molecular formula is C34H29Br3MgN4O6. The number of nitrogens with zero attached hydrogens (tertiary/aromatic N) is 4. The summed E-state index contributed by atoms with van der Waals surface area (Å²) in [6, 6.07) is 25.7. The van der Waals surface area contributed by atoms with Crippen molar-refractivity contribution in [3.05, 3.63) is 124 Å². The van der Waals surface area contributed by atoms with E-state index < -0.39 is 18.0 Å². The smallest absolute Gasteiger partial charge is 1.00 e. The summed E-state index contributed by atoms with van der Waals surface area (Å²) in [5.74, 6) is -1.05. The van der Waals surface area contributed by atoms with Crippen molar-refractivity contribution in [3.63, 3.8) is 0 Å². The minimum atomic E-state index is -0.626. The maximum atomic E-state index is 12.1. The Morgan fingerprint density at radius 2 is 1.23 bits per heavy atom. The molecule has 10 nitrogen and oxygen atoms in total. The van der Waals surface area contributed by atoms with Crippen LogP contribution < -0.4 is 17.0 Å². The molecule has 0 aliphatic heterocycles. The molecule has 1 atom stereocenters. The van der Waals surface area contributed by atoms with Gasteiger partial charge in [0.25, 0.3) is 0 Å². The van der Waals surface area contributed by atoms with Gasteiger partial charge in [-0.3, -0.25) is 4.79 Å². The molecule has 0 saturated heterocycles. The third-order valence-corrected chi connectivity index (χ3v) is 7.88. The van der Waals surface area contributed by atoms with Gasteiger partial charge in [-0.1, -0.05) is 50.1 Å². The van der Waals surface area contributed by atoms with Gasteiger partial charge in [0.1, 0.15) is 6.29 Å². The topological polar surface area (TPSA) is 126 Å². The summed E-state index contributed by atoms with van der Waals surface area (Å²) < 4.78 is 14.8. The van der Waals surface area contributed by atoms with E-state index in [0.29, 0.717) is 16.3 Å². The Morgan fingerprint density at radius 1 is 0.771 bits per heavy atom. The van der Waals surface area contributed by atoms with E-state index in [9.17, 15) is 19.5 Å². The van der Waals surface area contributed by atoms with Gasteiger partial charge < -0.3 is 39.0 Å². The Balaban J connectivity index is 0.000000314. The number of aromatic nitrogens is 4. The van der Waals surface area contributed by atoms with Gasteiger partial charge >= 0.3 is 35.0 Å². The number of fused-ring (bicyclic) bond motifs is 2. The zero-order valence-electron chi connectivity index (χ0n) is 26.4. The van der Waals surface area contributed by atoms with E-state index in [1.807, 2.05) is 60.7 Å². The Labute approximate surface area is 320 Å². The zero-order chi connectivity index (χ0) is 32.2. The van der Waals surface area contributed by atoms with Gasteiger partial charge in [-0.05, 0) is 79.2 Å². The first-order chi connectivity index (χ1) is 21.6. The molecule has 0 bridgehead atoms. The van der Waals surface area contributed by atoms with E-state index in [-0.39, 0.29) is 58.8 Å². The Kier molecular flexibility index (Phi) is 15.1. The molecule has 14 heteroatoms. The van der Waals surface area contributed by atoms with E-state index in [2.05, 4.69) is 42.1 Å². The van der Waals surface area contributed by atoms with E-state index >= 15 is 0 Å². The summed E-state index contributed by atoms with van der Waals surface area (Å²) in [5, 5.41) is 19.8. The number of aliphatic hydroxyl groups excluding tert-OH is 1. The van der Waals surface area contributed by atoms with E-state index in [0.717, 1.165) is 43.2 Å². The normalized spacial score (nSPS) is 10.8. The molecule has 0 fully saturated rings. The molecular weight excluding hydrogens is 824 g/mol. The molecule has 4 aromatic carbocycles. The van der Waals surface area contributed by atoms with Gasteiger partial charge in [0.05, 0.1) is 42.7 Å². The SMILES string of the molecule is COC(=O)c1nn(-c2cccc(Br)c2)c2ccc(C(C)O)cc12.COC(=O)c1nn(-c2cccc(Br)c2)c2ccc(C=O)cc12.[Br-].[CH3-].[Mg+2]. The van der Waals surface area contributed by atoms with Crippen LogP contribution in [0.2, 0.25) is 0 Å².